The van der Waals surface area contributed by atoms with Gasteiger partial charge in [-0.15, -0.1) is 21.6 Å². The monoisotopic (exact) mass is 330 g/mol. The van der Waals surface area contributed by atoms with Crippen molar-refractivity contribution in [3.8, 4) is 11.6 Å². The number of ether oxygens (including phenoxy) is 1. The number of benzene rings is 1. The number of nitrogens with zero attached hydrogens (tertiary/aromatic N) is 4. The lowest BCUT2D eigenvalue weighted by atomic mass is 10.2. The van der Waals surface area contributed by atoms with E-state index in [-0.39, 0.29) is 5.88 Å². The third-order valence-corrected chi connectivity index (χ3v) is 4.26. The molecule has 1 N–H and O–H groups in total. The van der Waals surface area contributed by atoms with Crippen molar-refractivity contribution in [3.05, 3.63) is 29.8 Å². The van der Waals surface area contributed by atoms with Crippen LogP contribution in [0.5, 0.6) is 11.6 Å². The van der Waals surface area contributed by atoms with Gasteiger partial charge < -0.3 is 14.4 Å². The Balaban J connectivity index is 2.11. The van der Waals surface area contributed by atoms with Crippen LogP contribution in [0.3, 0.4) is 0 Å². The number of unbranched alkanes of at least 4 members (excludes halogenated alkanes) is 1. The number of aromatic nitrogens is 2. The van der Waals surface area contributed by atoms with Gasteiger partial charge >= 0.3 is 0 Å². The maximum absolute atomic E-state index is 10.6. The van der Waals surface area contributed by atoms with Gasteiger partial charge in [-0.1, -0.05) is 13.3 Å². The summed E-state index contributed by atoms with van der Waals surface area (Å²) in [6.07, 6.45) is 3.70. The van der Waals surface area contributed by atoms with Crippen LogP contribution in [0.1, 0.15) is 19.8 Å². The molecule has 0 saturated carbocycles. The van der Waals surface area contributed by atoms with Crippen LogP contribution in [-0.4, -0.2) is 21.8 Å². The summed E-state index contributed by atoms with van der Waals surface area (Å²) >= 11 is 1.40. The first kappa shape index (κ1) is 15.5. The summed E-state index contributed by atoms with van der Waals surface area (Å²) in [7, 11) is 1.62. The molecule has 0 fully saturated rings. The minimum Gasteiger partial charge on any atom is -0.497 e. The maximum Gasteiger partial charge on any atom is 0.229 e. The highest BCUT2D eigenvalue weighted by molar-refractivity contribution is 7.13. The second-order valence-electron chi connectivity index (χ2n) is 5.08. The molecule has 0 aliphatic heterocycles. The lowest BCUT2D eigenvalue weighted by molar-refractivity contribution is 0.415. The van der Waals surface area contributed by atoms with E-state index in [4.69, 9.17) is 4.74 Å². The summed E-state index contributed by atoms with van der Waals surface area (Å²) in [6.45, 7) is 2.85. The van der Waals surface area contributed by atoms with Gasteiger partial charge in [-0.25, -0.2) is 4.98 Å². The number of azo groups is 1. The molecule has 0 atom stereocenters. The van der Waals surface area contributed by atoms with Gasteiger partial charge in [0.1, 0.15) is 5.75 Å². The molecule has 3 aromatic rings. The number of aromatic hydroxyl groups is 1. The van der Waals surface area contributed by atoms with Gasteiger partial charge in [0.15, 0.2) is 5.69 Å². The first-order chi connectivity index (χ1) is 11.2. The third kappa shape index (κ3) is 3.05. The van der Waals surface area contributed by atoms with E-state index in [2.05, 4.69) is 22.1 Å². The minimum atomic E-state index is 0.127. The molecule has 1 aromatic carbocycles. The summed E-state index contributed by atoms with van der Waals surface area (Å²) in [5.74, 6) is 0.845. The van der Waals surface area contributed by atoms with E-state index < -0.39 is 0 Å². The van der Waals surface area contributed by atoms with Crippen LogP contribution in [0.25, 0.3) is 10.9 Å². The molecule has 2 heterocycles. The molecule has 0 radical (unpaired) electrons. The van der Waals surface area contributed by atoms with Crippen molar-refractivity contribution >= 4 is 33.1 Å². The van der Waals surface area contributed by atoms with Crippen molar-refractivity contribution < 1.29 is 9.84 Å². The summed E-state index contributed by atoms with van der Waals surface area (Å²) in [6, 6.07) is 5.69. The molecule has 0 unspecified atom stereocenters. The molecule has 2 aromatic heterocycles. The first-order valence-electron chi connectivity index (χ1n) is 7.45. The van der Waals surface area contributed by atoms with Crippen LogP contribution >= 0.6 is 11.3 Å². The number of methoxy groups -OCH3 is 1. The smallest absolute Gasteiger partial charge is 0.229 e. The zero-order valence-electron chi connectivity index (χ0n) is 13.1. The molecule has 0 aliphatic carbocycles. The van der Waals surface area contributed by atoms with E-state index in [1.54, 1.807) is 13.3 Å². The van der Waals surface area contributed by atoms with E-state index >= 15 is 0 Å². The molecule has 6 nitrogen and oxygen atoms in total. The van der Waals surface area contributed by atoms with E-state index in [0.29, 0.717) is 10.8 Å². The highest BCUT2D eigenvalue weighted by Gasteiger charge is 2.17. The number of hydrogen-bond donors (Lipinski definition) is 1. The Morgan fingerprint density at radius 1 is 1.35 bits per heavy atom. The van der Waals surface area contributed by atoms with Crippen molar-refractivity contribution in [1.29, 1.82) is 0 Å². The minimum absolute atomic E-state index is 0.127. The van der Waals surface area contributed by atoms with Gasteiger partial charge in [0.25, 0.3) is 0 Å². The van der Waals surface area contributed by atoms with Gasteiger partial charge in [0.05, 0.1) is 12.6 Å². The van der Waals surface area contributed by atoms with Crippen molar-refractivity contribution in [2.24, 2.45) is 10.2 Å². The van der Waals surface area contributed by atoms with Crippen LogP contribution in [0.2, 0.25) is 0 Å². The number of fused-ring (bicyclic) bond motifs is 1. The summed E-state index contributed by atoms with van der Waals surface area (Å²) in [5, 5.41) is 22.1. The molecular formula is C16H18N4O2S. The average Bonchev–Trinajstić information content (AvgIpc) is 3.17. The number of aryl methyl sites for hydroxylation is 1. The van der Waals surface area contributed by atoms with Gasteiger partial charge in [-0.3, -0.25) is 0 Å². The Bertz CT molecular complexity index is 824. The predicted octanol–water partition coefficient (Wildman–Crippen LogP) is 5.03. The topological polar surface area (TPSA) is 72.0 Å². The Kier molecular flexibility index (Phi) is 4.57. The van der Waals surface area contributed by atoms with Crippen molar-refractivity contribution in [1.82, 2.24) is 9.55 Å². The SMILES string of the molecule is CCCCn1c(O)c(N=Nc2nccs2)c2cc(OC)ccc21. The molecule has 0 amide bonds. The van der Waals surface area contributed by atoms with Gasteiger partial charge in [-0.05, 0) is 24.6 Å². The molecule has 3 rings (SSSR count). The Hall–Kier alpha value is -2.41. The highest BCUT2D eigenvalue weighted by Crippen LogP contribution is 2.41. The fourth-order valence-electron chi connectivity index (χ4n) is 2.43. The Labute approximate surface area is 138 Å². The maximum atomic E-state index is 10.6. The summed E-state index contributed by atoms with van der Waals surface area (Å²) in [5.41, 5.74) is 1.37. The van der Waals surface area contributed by atoms with Crippen molar-refractivity contribution in [2.45, 2.75) is 26.3 Å². The van der Waals surface area contributed by atoms with E-state index in [1.807, 2.05) is 28.1 Å². The zero-order valence-corrected chi connectivity index (χ0v) is 13.9. The molecule has 7 heteroatoms. The van der Waals surface area contributed by atoms with Crippen LogP contribution in [-0.2, 0) is 6.54 Å². The third-order valence-electron chi connectivity index (χ3n) is 3.61. The normalized spacial score (nSPS) is 11.6. The molecular weight excluding hydrogens is 312 g/mol. The largest absolute Gasteiger partial charge is 0.497 e. The molecule has 0 spiro atoms. The van der Waals surface area contributed by atoms with Gasteiger partial charge in [-0.2, -0.15) is 0 Å². The van der Waals surface area contributed by atoms with Crippen LogP contribution < -0.4 is 4.74 Å². The molecule has 0 bridgehead atoms. The quantitative estimate of drug-likeness (QED) is 0.644. The van der Waals surface area contributed by atoms with E-state index in [0.717, 1.165) is 36.0 Å². The van der Waals surface area contributed by atoms with Crippen molar-refractivity contribution in [2.75, 3.05) is 7.11 Å². The van der Waals surface area contributed by atoms with Gasteiger partial charge in [0, 0.05) is 23.5 Å². The van der Waals surface area contributed by atoms with Gasteiger partial charge in [0.2, 0.25) is 11.0 Å². The highest BCUT2D eigenvalue weighted by atomic mass is 32.1. The fourth-order valence-corrected chi connectivity index (χ4v) is 2.88. The summed E-state index contributed by atoms with van der Waals surface area (Å²) in [4.78, 5) is 4.08. The van der Waals surface area contributed by atoms with Crippen LogP contribution in [0.15, 0.2) is 40.0 Å². The van der Waals surface area contributed by atoms with Crippen molar-refractivity contribution in [3.63, 3.8) is 0 Å². The number of hydrogen-bond acceptors (Lipinski definition) is 6. The molecule has 120 valence electrons. The lowest BCUT2D eigenvalue weighted by Crippen LogP contribution is -1.96. The summed E-state index contributed by atoms with van der Waals surface area (Å²) < 4.78 is 7.15. The Morgan fingerprint density at radius 3 is 2.91 bits per heavy atom. The average molecular weight is 330 g/mol. The molecule has 0 saturated heterocycles. The van der Waals surface area contributed by atoms with E-state index in [1.165, 1.54) is 11.3 Å². The lowest BCUT2D eigenvalue weighted by Gasteiger charge is -2.05. The van der Waals surface area contributed by atoms with Crippen LogP contribution in [0, 0.1) is 0 Å². The van der Waals surface area contributed by atoms with Crippen LogP contribution in [0.4, 0.5) is 10.8 Å². The second-order valence-corrected chi connectivity index (χ2v) is 5.95. The zero-order chi connectivity index (χ0) is 16.2. The standard InChI is InChI=1S/C16H18N4O2S/c1-3-4-8-20-13-6-5-11(22-2)10-12(13)14(15(20)21)18-19-16-17-7-9-23-16/h5-7,9-10,21H,3-4,8H2,1-2H3. The fraction of sp³-hybridized carbons (Fsp3) is 0.312. The first-order valence-corrected chi connectivity index (χ1v) is 8.33. The molecule has 23 heavy (non-hydrogen) atoms. The van der Waals surface area contributed by atoms with E-state index in [9.17, 15) is 5.11 Å². The molecule has 0 aliphatic rings. The predicted molar refractivity (Wildman–Crippen MR) is 91.4 cm³/mol. The number of thiazole rings is 1. The Morgan fingerprint density at radius 2 is 2.22 bits per heavy atom. The second kappa shape index (κ2) is 6.78. The number of rotatable bonds is 6.